The van der Waals surface area contributed by atoms with E-state index < -0.39 is 42.3 Å². The Morgan fingerprint density at radius 1 is 0.745 bits per heavy atom. The molecular formula is C39H32O8. The van der Waals surface area contributed by atoms with Gasteiger partial charge in [-0.05, 0) is 75.4 Å². The summed E-state index contributed by atoms with van der Waals surface area (Å²) in [5, 5.41) is 14.1. The van der Waals surface area contributed by atoms with Gasteiger partial charge in [-0.3, -0.25) is 0 Å². The number of benzene rings is 5. The van der Waals surface area contributed by atoms with E-state index in [1.807, 2.05) is 84.9 Å². The SMILES string of the molecule is COC1O[C@@H](COC(=O)c2ccc3ccccc3c2)[C@@H](OC(=O)c2ccc3ccccc3c2)[C@H]1C1=C(C(=O)O)CCc2ccccc21. The highest BCUT2D eigenvalue weighted by atomic mass is 16.7. The minimum absolute atomic E-state index is 0.208. The number of carbonyl (C=O) groups is 3. The van der Waals surface area contributed by atoms with Crippen LogP contribution >= 0.6 is 0 Å². The van der Waals surface area contributed by atoms with Gasteiger partial charge in [0.05, 0.1) is 17.0 Å². The summed E-state index contributed by atoms with van der Waals surface area (Å²) in [5.74, 6) is -3.06. The quantitative estimate of drug-likeness (QED) is 0.186. The maximum Gasteiger partial charge on any atom is 0.338 e. The molecule has 5 aromatic carbocycles. The van der Waals surface area contributed by atoms with Crippen LogP contribution in [0.1, 0.15) is 38.3 Å². The van der Waals surface area contributed by atoms with Gasteiger partial charge in [-0.25, -0.2) is 14.4 Å². The second-order valence-corrected chi connectivity index (χ2v) is 11.8. The molecule has 0 saturated carbocycles. The number of ether oxygens (including phenoxy) is 4. The molecule has 4 atom stereocenters. The summed E-state index contributed by atoms with van der Waals surface area (Å²) < 4.78 is 24.1. The number of carboxylic acids is 1. The minimum atomic E-state index is -1.06. The second-order valence-electron chi connectivity index (χ2n) is 11.8. The van der Waals surface area contributed by atoms with Crippen LogP contribution in [0.2, 0.25) is 0 Å². The van der Waals surface area contributed by atoms with E-state index >= 15 is 0 Å². The zero-order valence-corrected chi connectivity index (χ0v) is 25.6. The first-order chi connectivity index (χ1) is 22.9. The van der Waals surface area contributed by atoms with Crippen LogP contribution in [0.5, 0.6) is 0 Å². The molecule has 1 aliphatic heterocycles. The molecule has 8 heteroatoms. The fourth-order valence-electron chi connectivity index (χ4n) is 6.73. The smallest absolute Gasteiger partial charge is 0.338 e. The molecule has 1 N–H and O–H groups in total. The van der Waals surface area contributed by atoms with Gasteiger partial charge in [-0.1, -0.05) is 84.9 Å². The van der Waals surface area contributed by atoms with E-state index in [-0.39, 0.29) is 12.2 Å². The summed E-state index contributed by atoms with van der Waals surface area (Å²) in [6.45, 7) is -0.255. The van der Waals surface area contributed by atoms with E-state index in [1.54, 1.807) is 24.3 Å². The molecule has 1 heterocycles. The number of rotatable bonds is 8. The van der Waals surface area contributed by atoms with Crippen LogP contribution in [0.15, 0.2) is 115 Å². The first-order valence-electron chi connectivity index (χ1n) is 15.5. The predicted octanol–water partition coefficient (Wildman–Crippen LogP) is 6.85. The van der Waals surface area contributed by atoms with Crippen LogP contribution in [0, 0.1) is 5.92 Å². The Morgan fingerprint density at radius 3 is 1.98 bits per heavy atom. The van der Waals surface area contributed by atoms with Gasteiger partial charge >= 0.3 is 17.9 Å². The molecule has 7 rings (SSSR count). The van der Waals surface area contributed by atoms with Gasteiger partial charge in [0, 0.05) is 12.7 Å². The minimum Gasteiger partial charge on any atom is -0.478 e. The van der Waals surface area contributed by atoms with Gasteiger partial charge in [0.15, 0.2) is 6.29 Å². The van der Waals surface area contributed by atoms with Crippen LogP contribution in [-0.4, -0.2) is 55.2 Å². The van der Waals surface area contributed by atoms with Crippen molar-refractivity contribution in [1.29, 1.82) is 0 Å². The van der Waals surface area contributed by atoms with Gasteiger partial charge in [-0.2, -0.15) is 0 Å². The number of aryl methyl sites for hydroxylation is 1. The molecule has 1 aliphatic carbocycles. The van der Waals surface area contributed by atoms with Crippen LogP contribution in [0.25, 0.3) is 27.1 Å². The van der Waals surface area contributed by atoms with Crippen molar-refractivity contribution in [2.24, 2.45) is 5.92 Å². The molecule has 0 amide bonds. The van der Waals surface area contributed by atoms with Gasteiger partial charge in [0.25, 0.3) is 0 Å². The van der Waals surface area contributed by atoms with Crippen molar-refractivity contribution in [1.82, 2.24) is 0 Å². The number of hydrogen-bond donors (Lipinski definition) is 1. The van der Waals surface area contributed by atoms with Crippen molar-refractivity contribution < 1.29 is 38.4 Å². The van der Waals surface area contributed by atoms with Crippen molar-refractivity contribution in [3.05, 3.63) is 137 Å². The third-order valence-electron chi connectivity index (χ3n) is 9.02. The lowest BCUT2D eigenvalue weighted by molar-refractivity contribution is -0.135. The Labute approximate surface area is 271 Å². The Bertz CT molecular complexity index is 2050. The highest BCUT2D eigenvalue weighted by molar-refractivity contribution is 5.99. The fraction of sp³-hybridized carbons (Fsp3) is 0.205. The Morgan fingerprint density at radius 2 is 1.34 bits per heavy atom. The van der Waals surface area contributed by atoms with E-state index in [2.05, 4.69) is 0 Å². The van der Waals surface area contributed by atoms with Crippen molar-refractivity contribution >= 4 is 45.0 Å². The molecule has 47 heavy (non-hydrogen) atoms. The number of methoxy groups -OCH3 is 1. The summed E-state index contributed by atoms with van der Waals surface area (Å²) in [6, 6.07) is 33.6. The number of esters is 2. The largest absolute Gasteiger partial charge is 0.478 e. The first-order valence-corrected chi connectivity index (χ1v) is 15.5. The van der Waals surface area contributed by atoms with Crippen LogP contribution in [0.4, 0.5) is 0 Å². The van der Waals surface area contributed by atoms with Gasteiger partial charge in [0.1, 0.15) is 18.8 Å². The van der Waals surface area contributed by atoms with E-state index in [4.69, 9.17) is 18.9 Å². The summed E-state index contributed by atoms with van der Waals surface area (Å²) >= 11 is 0. The second kappa shape index (κ2) is 12.8. The molecule has 5 aromatic rings. The fourth-order valence-corrected chi connectivity index (χ4v) is 6.73. The van der Waals surface area contributed by atoms with Crippen molar-refractivity contribution in [3.63, 3.8) is 0 Å². The molecule has 0 spiro atoms. The molecule has 1 fully saturated rings. The number of hydrogen-bond acceptors (Lipinski definition) is 7. The zero-order valence-electron chi connectivity index (χ0n) is 25.6. The number of carboxylic acid groups (broad SMARTS) is 1. The third kappa shape index (κ3) is 5.89. The molecule has 1 unspecified atom stereocenters. The molecular weight excluding hydrogens is 596 g/mol. The van der Waals surface area contributed by atoms with Crippen molar-refractivity contribution in [2.45, 2.75) is 31.3 Å². The number of fused-ring (bicyclic) bond motifs is 3. The zero-order chi connectivity index (χ0) is 32.5. The average molecular weight is 629 g/mol. The van der Waals surface area contributed by atoms with Crippen LogP contribution in [-0.2, 0) is 30.2 Å². The highest BCUT2D eigenvalue weighted by Gasteiger charge is 2.51. The van der Waals surface area contributed by atoms with Gasteiger partial charge < -0.3 is 24.1 Å². The lowest BCUT2D eigenvalue weighted by atomic mass is 9.77. The van der Waals surface area contributed by atoms with Crippen LogP contribution in [0.3, 0.4) is 0 Å². The van der Waals surface area contributed by atoms with E-state index in [1.165, 1.54) is 7.11 Å². The van der Waals surface area contributed by atoms with Gasteiger partial charge in [-0.15, -0.1) is 0 Å². The summed E-state index contributed by atoms with van der Waals surface area (Å²) in [7, 11) is 1.46. The number of carbonyl (C=O) groups excluding carboxylic acids is 2. The van der Waals surface area contributed by atoms with E-state index in [9.17, 15) is 19.5 Å². The van der Waals surface area contributed by atoms with Crippen molar-refractivity contribution in [2.75, 3.05) is 13.7 Å². The maximum absolute atomic E-state index is 13.8. The lowest BCUT2D eigenvalue weighted by Gasteiger charge is -2.31. The first kappa shape index (κ1) is 30.3. The van der Waals surface area contributed by atoms with E-state index in [0.717, 1.165) is 32.7 Å². The number of aliphatic carboxylic acids is 1. The normalized spacial score (nSPS) is 20.6. The Hall–Kier alpha value is -5.31. The third-order valence-corrected chi connectivity index (χ3v) is 9.02. The summed E-state index contributed by atoms with van der Waals surface area (Å²) in [6.07, 6.45) is -2.12. The Kier molecular flexibility index (Phi) is 8.28. The van der Waals surface area contributed by atoms with Gasteiger partial charge in [0.2, 0.25) is 0 Å². The predicted molar refractivity (Wildman–Crippen MR) is 176 cm³/mol. The summed E-state index contributed by atoms with van der Waals surface area (Å²) in [5.41, 5.74) is 3.11. The highest BCUT2D eigenvalue weighted by Crippen LogP contribution is 2.45. The Balaban J connectivity index is 1.24. The molecule has 2 aliphatic rings. The lowest BCUT2D eigenvalue weighted by Crippen LogP contribution is -2.38. The standard InChI is InChI=1S/C39H32O8/c1-44-39-34(33-30-13-7-6-10-25(30)18-19-31(33)36(40)41)35(47-38(43)29-17-15-24-9-3-5-12-27(24)21-29)32(46-39)22-45-37(42)28-16-14-23-8-2-4-11-26(23)20-28/h2-17,20-21,32,34-35,39H,18-19,22H2,1H3,(H,40,41)/t32-,34+,35+,39?/m0/s1. The average Bonchev–Trinajstić information content (AvgIpc) is 3.45. The maximum atomic E-state index is 13.8. The molecule has 0 bridgehead atoms. The molecule has 1 saturated heterocycles. The molecule has 236 valence electrons. The topological polar surface area (TPSA) is 108 Å². The van der Waals surface area contributed by atoms with Crippen LogP contribution < -0.4 is 0 Å². The van der Waals surface area contributed by atoms with Crippen molar-refractivity contribution in [3.8, 4) is 0 Å². The molecule has 8 nitrogen and oxygen atoms in total. The van der Waals surface area contributed by atoms with E-state index in [0.29, 0.717) is 29.5 Å². The monoisotopic (exact) mass is 628 g/mol. The molecule has 0 radical (unpaired) electrons. The molecule has 0 aromatic heterocycles. The summed E-state index contributed by atoms with van der Waals surface area (Å²) in [4.78, 5) is 39.7.